The summed E-state index contributed by atoms with van der Waals surface area (Å²) in [6.45, 7) is 1.70. The maximum atomic E-state index is 13.8. The van der Waals surface area contributed by atoms with Crippen LogP contribution in [0.1, 0.15) is 16.1 Å². The van der Waals surface area contributed by atoms with Gasteiger partial charge in [-0.3, -0.25) is 9.89 Å². The lowest BCUT2D eigenvalue weighted by Crippen LogP contribution is -2.16. The minimum atomic E-state index is -0.929. The number of carbonyl (C=O) groups is 1. The number of carbonyl (C=O) groups excluding carboxylic acids is 1. The van der Waals surface area contributed by atoms with Crippen LogP contribution in [0.3, 0.4) is 0 Å². The topological polar surface area (TPSA) is 67.0 Å². The van der Waals surface area contributed by atoms with Gasteiger partial charge in [0.15, 0.2) is 0 Å². The van der Waals surface area contributed by atoms with Gasteiger partial charge < -0.3 is 10.1 Å². The molecule has 0 spiro atoms. The number of amides is 1. The van der Waals surface area contributed by atoms with Crippen molar-refractivity contribution in [1.82, 2.24) is 10.2 Å². The summed E-state index contributed by atoms with van der Waals surface area (Å²) in [7, 11) is 1.54. The normalized spacial score (nSPS) is 10.6. The first-order chi connectivity index (χ1) is 12.0. The Labute approximate surface area is 142 Å². The van der Waals surface area contributed by atoms with Gasteiger partial charge in [-0.2, -0.15) is 5.10 Å². The standard InChI is InChI=1S/C18H15F2N3O2/c1-10-16(21-18(24)15-13(19)7-4-8-14(15)20)17(23-22-10)11-5-3-6-12(9-11)25-2/h3-9H,1-2H3,(H,21,24)(H,22,23). The lowest BCUT2D eigenvalue weighted by atomic mass is 10.1. The molecule has 0 atom stereocenters. The highest BCUT2D eigenvalue weighted by Gasteiger charge is 2.21. The Bertz CT molecular complexity index is 918. The number of nitrogens with one attached hydrogen (secondary N) is 2. The monoisotopic (exact) mass is 343 g/mol. The van der Waals surface area contributed by atoms with Crippen molar-refractivity contribution in [2.24, 2.45) is 0 Å². The molecule has 0 saturated carbocycles. The van der Waals surface area contributed by atoms with Gasteiger partial charge in [0.05, 0.1) is 18.5 Å². The molecular weight excluding hydrogens is 328 g/mol. The molecule has 1 amide bonds. The second kappa shape index (κ2) is 6.72. The van der Waals surface area contributed by atoms with Crippen molar-refractivity contribution in [2.45, 2.75) is 6.92 Å². The SMILES string of the molecule is COc1cccc(-c2n[nH]c(C)c2NC(=O)c2c(F)cccc2F)c1. The van der Waals surface area contributed by atoms with Crippen LogP contribution in [0.2, 0.25) is 0 Å². The predicted octanol–water partition coefficient (Wildman–Crippen LogP) is 3.92. The number of methoxy groups -OCH3 is 1. The Kier molecular flexibility index (Phi) is 4.47. The third-order valence-corrected chi connectivity index (χ3v) is 3.72. The summed E-state index contributed by atoms with van der Waals surface area (Å²) < 4.78 is 32.8. The number of halogens is 2. The smallest absolute Gasteiger partial charge is 0.261 e. The van der Waals surface area contributed by atoms with Crippen molar-refractivity contribution in [2.75, 3.05) is 12.4 Å². The summed E-state index contributed by atoms with van der Waals surface area (Å²) >= 11 is 0. The summed E-state index contributed by atoms with van der Waals surface area (Å²) in [4.78, 5) is 12.4. The molecule has 3 rings (SSSR count). The molecule has 5 nitrogen and oxygen atoms in total. The van der Waals surface area contributed by atoms with Crippen molar-refractivity contribution in [3.63, 3.8) is 0 Å². The minimum Gasteiger partial charge on any atom is -0.497 e. The van der Waals surface area contributed by atoms with E-state index in [1.807, 2.05) is 0 Å². The molecule has 1 aromatic heterocycles. The van der Waals surface area contributed by atoms with Gasteiger partial charge >= 0.3 is 0 Å². The van der Waals surface area contributed by atoms with Crippen molar-refractivity contribution < 1.29 is 18.3 Å². The average molecular weight is 343 g/mol. The van der Waals surface area contributed by atoms with Gasteiger partial charge in [0.2, 0.25) is 0 Å². The van der Waals surface area contributed by atoms with Gasteiger partial charge in [-0.25, -0.2) is 8.78 Å². The molecule has 0 aliphatic rings. The quantitative estimate of drug-likeness (QED) is 0.754. The Balaban J connectivity index is 1.99. The fraction of sp³-hybridized carbons (Fsp3) is 0.111. The molecular formula is C18H15F2N3O2. The number of rotatable bonds is 4. The molecule has 0 unspecified atom stereocenters. The molecule has 128 valence electrons. The fourth-order valence-electron chi connectivity index (χ4n) is 2.45. The number of anilines is 1. The second-order valence-corrected chi connectivity index (χ2v) is 5.35. The van der Waals surface area contributed by atoms with Crippen LogP contribution in [0.4, 0.5) is 14.5 Å². The maximum Gasteiger partial charge on any atom is 0.261 e. The molecule has 0 aliphatic heterocycles. The van der Waals surface area contributed by atoms with Gasteiger partial charge in [-0.05, 0) is 31.2 Å². The Morgan fingerprint density at radius 3 is 2.52 bits per heavy atom. The Morgan fingerprint density at radius 1 is 1.16 bits per heavy atom. The van der Waals surface area contributed by atoms with Crippen molar-refractivity contribution in [3.8, 4) is 17.0 Å². The van der Waals surface area contributed by atoms with Crippen molar-refractivity contribution in [1.29, 1.82) is 0 Å². The molecule has 2 N–H and O–H groups in total. The van der Waals surface area contributed by atoms with Gasteiger partial charge in [0, 0.05) is 5.56 Å². The Morgan fingerprint density at radius 2 is 1.84 bits per heavy atom. The van der Waals surface area contributed by atoms with E-state index in [2.05, 4.69) is 15.5 Å². The molecule has 25 heavy (non-hydrogen) atoms. The van der Waals surface area contributed by atoms with Gasteiger partial charge in [-0.1, -0.05) is 18.2 Å². The van der Waals surface area contributed by atoms with E-state index < -0.39 is 23.1 Å². The van der Waals surface area contributed by atoms with Gasteiger partial charge in [0.1, 0.15) is 28.6 Å². The first-order valence-corrected chi connectivity index (χ1v) is 7.46. The van der Waals surface area contributed by atoms with E-state index >= 15 is 0 Å². The molecule has 0 saturated heterocycles. The average Bonchev–Trinajstić information content (AvgIpc) is 2.95. The Hall–Kier alpha value is -3.22. The molecule has 7 heteroatoms. The van der Waals surface area contributed by atoms with E-state index in [0.717, 1.165) is 12.1 Å². The number of ether oxygens (including phenoxy) is 1. The predicted molar refractivity (Wildman–Crippen MR) is 89.6 cm³/mol. The summed E-state index contributed by atoms with van der Waals surface area (Å²) in [5, 5.41) is 9.48. The lowest BCUT2D eigenvalue weighted by Gasteiger charge is -2.09. The number of hydrogen-bond acceptors (Lipinski definition) is 3. The number of H-pyrrole nitrogens is 1. The molecule has 1 heterocycles. The molecule has 0 radical (unpaired) electrons. The maximum absolute atomic E-state index is 13.8. The second-order valence-electron chi connectivity index (χ2n) is 5.35. The number of nitrogens with zero attached hydrogens (tertiary/aromatic N) is 1. The van der Waals surface area contributed by atoms with Gasteiger partial charge in [-0.15, -0.1) is 0 Å². The minimum absolute atomic E-state index is 0.348. The summed E-state index contributed by atoms with van der Waals surface area (Å²) in [5.41, 5.74) is 1.40. The largest absolute Gasteiger partial charge is 0.497 e. The highest BCUT2D eigenvalue weighted by Crippen LogP contribution is 2.31. The van der Waals surface area contributed by atoms with Crippen LogP contribution in [0.15, 0.2) is 42.5 Å². The number of aromatic amines is 1. The van der Waals surface area contributed by atoms with E-state index in [1.165, 1.54) is 6.07 Å². The number of hydrogen-bond donors (Lipinski definition) is 2. The first kappa shape index (κ1) is 16.6. The zero-order chi connectivity index (χ0) is 18.0. The van der Waals surface area contributed by atoms with Crippen LogP contribution in [0, 0.1) is 18.6 Å². The highest BCUT2D eigenvalue weighted by molar-refractivity contribution is 6.06. The van der Waals surface area contributed by atoms with Crippen LogP contribution < -0.4 is 10.1 Å². The summed E-state index contributed by atoms with van der Waals surface area (Å²) in [6, 6.07) is 10.3. The van der Waals surface area contributed by atoms with E-state index in [4.69, 9.17) is 4.74 Å². The third kappa shape index (κ3) is 3.21. The van der Waals surface area contributed by atoms with E-state index in [1.54, 1.807) is 38.3 Å². The molecule has 2 aromatic carbocycles. The van der Waals surface area contributed by atoms with E-state index in [-0.39, 0.29) is 0 Å². The summed E-state index contributed by atoms with van der Waals surface area (Å²) in [5.74, 6) is -2.12. The van der Waals surface area contributed by atoms with Crippen LogP contribution in [-0.2, 0) is 0 Å². The zero-order valence-electron chi connectivity index (χ0n) is 13.6. The van der Waals surface area contributed by atoms with Gasteiger partial charge in [0.25, 0.3) is 5.91 Å². The van der Waals surface area contributed by atoms with Crippen LogP contribution in [0.25, 0.3) is 11.3 Å². The van der Waals surface area contributed by atoms with Crippen molar-refractivity contribution in [3.05, 3.63) is 65.4 Å². The van der Waals surface area contributed by atoms with Crippen molar-refractivity contribution >= 4 is 11.6 Å². The summed E-state index contributed by atoms with van der Waals surface area (Å²) in [6.07, 6.45) is 0. The van der Waals surface area contributed by atoms with Crippen LogP contribution in [-0.4, -0.2) is 23.2 Å². The molecule has 0 aliphatic carbocycles. The zero-order valence-corrected chi connectivity index (χ0v) is 13.6. The molecule has 0 bridgehead atoms. The van der Waals surface area contributed by atoms with E-state index in [0.29, 0.717) is 28.4 Å². The molecule has 0 fully saturated rings. The number of benzene rings is 2. The number of aromatic nitrogens is 2. The van der Waals surface area contributed by atoms with Crippen LogP contribution >= 0.6 is 0 Å². The van der Waals surface area contributed by atoms with Crippen LogP contribution in [0.5, 0.6) is 5.75 Å². The third-order valence-electron chi connectivity index (χ3n) is 3.72. The molecule has 3 aromatic rings. The van der Waals surface area contributed by atoms with E-state index in [9.17, 15) is 13.6 Å². The number of aryl methyl sites for hydroxylation is 1. The lowest BCUT2D eigenvalue weighted by molar-refractivity contribution is 0.101. The fourth-order valence-corrected chi connectivity index (χ4v) is 2.45. The first-order valence-electron chi connectivity index (χ1n) is 7.46. The highest BCUT2D eigenvalue weighted by atomic mass is 19.1.